The Bertz CT molecular complexity index is 271. The van der Waals surface area contributed by atoms with Crippen molar-refractivity contribution in [2.45, 2.75) is 19.3 Å². The van der Waals surface area contributed by atoms with Crippen molar-refractivity contribution in [3.63, 3.8) is 0 Å². The Morgan fingerprint density at radius 3 is 2.08 bits per heavy atom. The molecule has 0 saturated heterocycles. The summed E-state index contributed by atoms with van der Waals surface area (Å²) in [6, 6.07) is 3.43. The van der Waals surface area contributed by atoms with Crippen LogP contribution in [0, 0.1) is 6.92 Å². The minimum absolute atomic E-state index is 0.577. The molecule has 0 amide bonds. The van der Waals surface area contributed by atoms with Gasteiger partial charge in [-0.1, -0.05) is 48.1 Å². The fourth-order valence-corrected chi connectivity index (χ4v) is 2.12. The van der Waals surface area contributed by atoms with Crippen molar-refractivity contribution in [1.82, 2.24) is 0 Å². The summed E-state index contributed by atoms with van der Waals surface area (Å²) in [6.45, 7) is 3.77. The van der Waals surface area contributed by atoms with Crippen LogP contribution in [0.2, 0.25) is 15.1 Å². The van der Waals surface area contributed by atoms with Gasteiger partial charge in [-0.2, -0.15) is 0 Å². The molecule has 0 aliphatic heterocycles. The van der Waals surface area contributed by atoms with Crippen LogP contribution >= 0.6 is 34.8 Å². The number of halogens is 3. The number of rotatable bonds is 3. The van der Waals surface area contributed by atoms with Crippen molar-refractivity contribution in [3.05, 3.63) is 39.7 Å². The third kappa shape index (κ3) is 3.05. The fraction of sp³-hybridized carbons (Fsp3) is 0.300. The lowest BCUT2D eigenvalue weighted by Gasteiger charge is -2.06. The SMILES string of the molecule is [CH2]CCCc1c(Cl)cc(Cl)cc1Cl. The van der Waals surface area contributed by atoms with E-state index in [9.17, 15) is 0 Å². The lowest BCUT2D eigenvalue weighted by atomic mass is 10.1. The van der Waals surface area contributed by atoms with Gasteiger partial charge in [0.25, 0.3) is 0 Å². The van der Waals surface area contributed by atoms with E-state index in [2.05, 4.69) is 6.92 Å². The van der Waals surface area contributed by atoms with Gasteiger partial charge in [-0.15, -0.1) is 0 Å². The van der Waals surface area contributed by atoms with Gasteiger partial charge in [-0.3, -0.25) is 0 Å². The molecule has 0 aromatic heterocycles. The molecule has 1 aromatic rings. The third-order valence-electron chi connectivity index (χ3n) is 1.78. The van der Waals surface area contributed by atoms with Gasteiger partial charge in [0.2, 0.25) is 0 Å². The first-order valence-electron chi connectivity index (χ1n) is 4.08. The second-order valence-corrected chi connectivity index (χ2v) is 4.06. The summed E-state index contributed by atoms with van der Waals surface area (Å²) in [4.78, 5) is 0. The van der Waals surface area contributed by atoms with E-state index in [1.165, 1.54) is 0 Å². The fourth-order valence-electron chi connectivity index (χ4n) is 1.11. The highest BCUT2D eigenvalue weighted by molar-refractivity contribution is 6.39. The molecule has 0 aliphatic rings. The third-order valence-corrected chi connectivity index (χ3v) is 2.68. The second kappa shape index (κ2) is 5.09. The highest BCUT2D eigenvalue weighted by Gasteiger charge is 2.06. The molecule has 0 atom stereocenters. The number of unbranched alkanes of at least 4 members (excludes halogenated alkanes) is 1. The Kier molecular flexibility index (Phi) is 4.37. The first-order chi connectivity index (χ1) is 6.15. The van der Waals surface area contributed by atoms with Crippen LogP contribution in [-0.4, -0.2) is 0 Å². The zero-order chi connectivity index (χ0) is 9.84. The molecule has 0 fully saturated rings. The molecule has 1 rings (SSSR count). The van der Waals surface area contributed by atoms with E-state index in [-0.39, 0.29) is 0 Å². The smallest absolute Gasteiger partial charge is 0.0467 e. The van der Waals surface area contributed by atoms with E-state index < -0.39 is 0 Å². The van der Waals surface area contributed by atoms with E-state index >= 15 is 0 Å². The summed E-state index contributed by atoms with van der Waals surface area (Å²) in [5.74, 6) is 0. The molecule has 0 saturated carbocycles. The van der Waals surface area contributed by atoms with Crippen LogP contribution in [0.3, 0.4) is 0 Å². The van der Waals surface area contributed by atoms with Crippen LogP contribution in [0.1, 0.15) is 18.4 Å². The van der Waals surface area contributed by atoms with Crippen molar-refractivity contribution in [2.24, 2.45) is 0 Å². The van der Waals surface area contributed by atoms with Crippen LogP contribution in [-0.2, 0) is 6.42 Å². The zero-order valence-electron chi connectivity index (χ0n) is 7.12. The van der Waals surface area contributed by atoms with Gasteiger partial charge in [0.15, 0.2) is 0 Å². The molecule has 0 bridgehead atoms. The molecule has 1 aromatic carbocycles. The van der Waals surface area contributed by atoms with Gasteiger partial charge in [0.1, 0.15) is 0 Å². The molecule has 0 N–H and O–H groups in total. The van der Waals surface area contributed by atoms with Crippen LogP contribution < -0.4 is 0 Å². The number of hydrogen-bond donors (Lipinski definition) is 0. The maximum absolute atomic E-state index is 5.98. The maximum atomic E-state index is 5.98. The molecular weight excluding hydrogens is 226 g/mol. The van der Waals surface area contributed by atoms with Crippen molar-refractivity contribution in [3.8, 4) is 0 Å². The molecule has 0 unspecified atom stereocenters. The van der Waals surface area contributed by atoms with Crippen LogP contribution in [0.5, 0.6) is 0 Å². The summed E-state index contributed by atoms with van der Waals surface area (Å²) in [5.41, 5.74) is 0.969. The first-order valence-corrected chi connectivity index (χ1v) is 5.21. The van der Waals surface area contributed by atoms with Gasteiger partial charge in [0.05, 0.1) is 0 Å². The molecule has 71 valence electrons. The van der Waals surface area contributed by atoms with Crippen molar-refractivity contribution < 1.29 is 0 Å². The Hall–Kier alpha value is 0.0900. The highest BCUT2D eigenvalue weighted by atomic mass is 35.5. The van der Waals surface area contributed by atoms with Gasteiger partial charge in [-0.25, -0.2) is 0 Å². The molecule has 0 aliphatic carbocycles. The van der Waals surface area contributed by atoms with Crippen molar-refractivity contribution >= 4 is 34.8 Å². The quantitative estimate of drug-likeness (QED) is 0.707. The predicted octanol–water partition coefficient (Wildman–Crippen LogP) is 4.80. The standard InChI is InChI=1S/C10H10Cl3/c1-2-3-4-8-9(12)5-7(11)6-10(8)13/h5-6H,1-4H2. The lowest BCUT2D eigenvalue weighted by molar-refractivity contribution is 0.841. The predicted molar refractivity (Wildman–Crippen MR) is 59.8 cm³/mol. The lowest BCUT2D eigenvalue weighted by Crippen LogP contribution is -1.88. The summed E-state index contributed by atoms with van der Waals surface area (Å²) >= 11 is 17.7. The maximum Gasteiger partial charge on any atom is 0.0467 e. The molecule has 3 heteroatoms. The zero-order valence-corrected chi connectivity index (χ0v) is 9.38. The Morgan fingerprint density at radius 2 is 1.62 bits per heavy atom. The summed E-state index contributed by atoms with van der Waals surface area (Å²) in [7, 11) is 0. The van der Waals surface area contributed by atoms with E-state index in [1.807, 2.05) is 0 Å². The topological polar surface area (TPSA) is 0 Å². The van der Waals surface area contributed by atoms with Gasteiger partial charge < -0.3 is 0 Å². The minimum atomic E-state index is 0.577. The van der Waals surface area contributed by atoms with E-state index in [4.69, 9.17) is 34.8 Å². The van der Waals surface area contributed by atoms with Crippen LogP contribution in [0.25, 0.3) is 0 Å². The van der Waals surface area contributed by atoms with Gasteiger partial charge in [0, 0.05) is 15.1 Å². The molecule has 0 nitrogen and oxygen atoms in total. The van der Waals surface area contributed by atoms with Crippen LogP contribution in [0.15, 0.2) is 12.1 Å². The Balaban J connectivity index is 2.92. The van der Waals surface area contributed by atoms with Gasteiger partial charge in [-0.05, 0) is 30.5 Å². The number of benzene rings is 1. The summed E-state index contributed by atoms with van der Waals surface area (Å²) < 4.78 is 0. The van der Waals surface area contributed by atoms with E-state index in [1.54, 1.807) is 12.1 Å². The average molecular weight is 237 g/mol. The molecule has 1 radical (unpaired) electrons. The minimum Gasteiger partial charge on any atom is -0.0842 e. The van der Waals surface area contributed by atoms with E-state index in [0.29, 0.717) is 15.1 Å². The van der Waals surface area contributed by atoms with Crippen LogP contribution in [0.4, 0.5) is 0 Å². The normalized spacial score (nSPS) is 10.5. The van der Waals surface area contributed by atoms with E-state index in [0.717, 1.165) is 24.8 Å². The van der Waals surface area contributed by atoms with Crippen molar-refractivity contribution in [1.29, 1.82) is 0 Å². The molecule has 13 heavy (non-hydrogen) atoms. The second-order valence-electron chi connectivity index (χ2n) is 2.81. The van der Waals surface area contributed by atoms with Crippen molar-refractivity contribution in [2.75, 3.05) is 0 Å². The number of hydrogen-bond acceptors (Lipinski definition) is 0. The molecule has 0 heterocycles. The Labute approximate surface area is 93.8 Å². The monoisotopic (exact) mass is 235 g/mol. The Morgan fingerprint density at radius 1 is 1.08 bits per heavy atom. The van der Waals surface area contributed by atoms with Gasteiger partial charge >= 0.3 is 0 Å². The molecular formula is C10H10Cl3. The summed E-state index contributed by atoms with van der Waals surface area (Å²) in [6.07, 6.45) is 2.73. The average Bonchev–Trinajstić information content (AvgIpc) is 2.02. The first kappa shape index (κ1) is 11.2. The largest absolute Gasteiger partial charge is 0.0842 e. The highest BCUT2D eigenvalue weighted by Crippen LogP contribution is 2.29. The molecule has 0 spiro atoms. The summed E-state index contributed by atoms with van der Waals surface area (Å²) in [5, 5.41) is 1.87.